The second-order valence-corrected chi connectivity index (χ2v) is 4.49. The second kappa shape index (κ2) is 4.98. The second-order valence-electron chi connectivity index (χ2n) is 3.34. The summed E-state index contributed by atoms with van der Waals surface area (Å²) in [6.07, 6.45) is 0. The van der Waals surface area contributed by atoms with E-state index < -0.39 is 5.82 Å². The van der Waals surface area contributed by atoms with E-state index >= 15 is 0 Å². The molecule has 0 atom stereocenters. The molecule has 0 unspecified atom stereocenters. The van der Waals surface area contributed by atoms with Crippen LogP contribution in [-0.2, 0) is 0 Å². The minimum atomic E-state index is -0.450. The Labute approximate surface area is 102 Å². The summed E-state index contributed by atoms with van der Waals surface area (Å²) in [4.78, 5) is 1.41. The lowest BCUT2D eigenvalue weighted by Crippen LogP contribution is -1.82. The third kappa shape index (κ3) is 3.05. The number of benzene rings is 2. The van der Waals surface area contributed by atoms with Crippen LogP contribution in [0.5, 0.6) is 0 Å². The van der Waals surface area contributed by atoms with E-state index in [1.807, 2.05) is 6.07 Å². The SMILES string of the molecule is N#Cc1cc(F)cc(Sc2ccc(F)cc2)c1. The third-order valence-corrected chi connectivity index (χ3v) is 3.03. The Bertz CT molecular complexity index is 573. The predicted molar refractivity (Wildman–Crippen MR) is 61.6 cm³/mol. The van der Waals surface area contributed by atoms with Gasteiger partial charge in [0.05, 0.1) is 11.6 Å². The number of nitriles is 1. The molecule has 0 aromatic heterocycles. The summed E-state index contributed by atoms with van der Waals surface area (Å²) in [5, 5.41) is 8.71. The van der Waals surface area contributed by atoms with Crippen molar-refractivity contribution in [3.63, 3.8) is 0 Å². The molecular formula is C13H7F2NS. The van der Waals surface area contributed by atoms with Crippen molar-refractivity contribution < 1.29 is 8.78 Å². The lowest BCUT2D eigenvalue weighted by Gasteiger charge is -2.02. The first-order valence-electron chi connectivity index (χ1n) is 4.81. The largest absolute Gasteiger partial charge is 0.207 e. The van der Waals surface area contributed by atoms with Crippen LogP contribution in [0, 0.1) is 23.0 Å². The Kier molecular flexibility index (Phi) is 3.40. The molecule has 84 valence electrons. The molecule has 0 amide bonds. The monoisotopic (exact) mass is 247 g/mol. The highest BCUT2D eigenvalue weighted by Crippen LogP contribution is 2.28. The smallest absolute Gasteiger partial charge is 0.125 e. The lowest BCUT2D eigenvalue weighted by atomic mass is 10.2. The van der Waals surface area contributed by atoms with Crippen LogP contribution < -0.4 is 0 Å². The van der Waals surface area contributed by atoms with Crippen LogP contribution in [0.4, 0.5) is 8.78 Å². The molecule has 0 saturated heterocycles. The summed E-state index contributed by atoms with van der Waals surface area (Å²) in [5.41, 5.74) is 0.273. The number of rotatable bonds is 2. The average molecular weight is 247 g/mol. The molecule has 0 fully saturated rings. The first-order valence-corrected chi connectivity index (χ1v) is 5.63. The molecule has 2 aromatic carbocycles. The van der Waals surface area contributed by atoms with Gasteiger partial charge in [0, 0.05) is 9.79 Å². The number of halogens is 2. The van der Waals surface area contributed by atoms with E-state index in [1.54, 1.807) is 18.2 Å². The molecule has 17 heavy (non-hydrogen) atoms. The van der Waals surface area contributed by atoms with Crippen molar-refractivity contribution in [2.75, 3.05) is 0 Å². The molecule has 0 heterocycles. The Balaban J connectivity index is 2.27. The lowest BCUT2D eigenvalue weighted by molar-refractivity contribution is 0.623. The summed E-state index contributed by atoms with van der Waals surface area (Å²) in [6, 6.07) is 11.9. The first-order chi connectivity index (χ1) is 8.17. The predicted octanol–water partition coefficient (Wildman–Crippen LogP) is 3.99. The van der Waals surface area contributed by atoms with Crippen LogP contribution in [0.15, 0.2) is 52.3 Å². The minimum absolute atomic E-state index is 0.273. The molecule has 0 saturated carbocycles. The summed E-state index contributed by atoms with van der Waals surface area (Å²) in [7, 11) is 0. The van der Waals surface area contributed by atoms with Gasteiger partial charge in [-0.05, 0) is 42.5 Å². The zero-order valence-corrected chi connectivity index (χ0v) is 9.47. The van der Waals surface area contributed by atoms with Crippen molar-refractivity contribution in [1.82, 2.24) is 0 Å². The van der Waals surface area contributed by atoms with Crippen molar-refractivity contribution in [2.24, 2.45) is 0 Å². The van der Waals surface area contributed by atoms with Gasteiger partial charge in [0.25, 0.3) is 0 Å². The summed E-state index contributed by atoms with van der Waals surface area (Å²) < 4.78 is 25.9. The number of hydrogen-bond acceptors (Lipinski definition) is 2. The molecule has 1 nitrogen and oxygen atoms in total. The van der Waals surface area contributed by atoms with Gasteiger partial charge in [0.15, 0.2) is 0 Å². The van der Waals surface area contributed by atoms with Gasteiger partial charge in [-0.3, -0.25) is 0 Å². The third-order valence-electron chi connectivity index (χ3n) is 2.05. The van der Waals surface area contributed by atoms with E-state index in [9.17, 15) is 8.78 Å². The molecule has 0 aliphatic carbocycles. The Morgan fingerprint density at radius 1 is 0.882 bits per heavy atom. The average Bonchev–Trinajstić information content (AvgIpc) is 2.31. The standard InChI is InChI=1S/C13H7F2NS/c14-10-1-3-12(4-2-10)17-13-6-9(8-16)5-11(15)7-13/h1-7H. The van der Waals surface area contributed by atoms with E-state index in [0.29, 0.717) is 4.90 Å². The van der Waals surface area contributed by atoms with E-state index in [4.69, 9.17) is 5.26 Å². The highest BCUT2D eigenvalue weighted by Gasteiger charge is 2.03. The van der Waals surface area contributed by atoms with Gasteiger partial charge in [-0.2, -0.15) is 5.26 Å². The van der Waals surface area contributed by atoms with Gasteiger partial charge < -0.3 is 0 Å². The van der Waals surface area contributed by atoms with Crippen LogP contribution in [0.2, 0.25) is 0 Å². The Hall–Kier alpha value is -1.86. The van der Waals surface area contributed by atoms with E-state index in [-0.39, 0.29) is 11.4 Å². The van der Waals surface area contributed by atoms with Crippen LogP contribution in [0.3, 0.4) is 0 Å². The van der Waals surface area contributed by atoms with Crippen LogP contribution in [0.1, 0.15) is 5.56 Å². The molecule has 0 N–H and O–H groups in total. The van der Waals surface area contributed by atoms with E-state index in [1.165, 1.54) is 36.0 Å². The van der Waals surface area contributed by atoms with Gasteiger partial charge in [-0.25, -0.2) is 8.78 Å². The normalized spacial score (nSPS) is 9.94. The van der Waals surface area contributed by atoms with Gasteiger partial charge in [-0.15, -0.1) is 0 Å². The fraction of sp³-hybridized carbons (Fsp3) is 0. The molecule has 4 heteroatoms. The highest BCUT2D eigenvalue weighted by atomic mass is 32.2. The molecule has 2 rings (SSSR count). The maximum absolute atomic E-state index is 13.2. The van der Waals surface area contributed by atoms with Crippen LogP contribution in [0.25, 0.3) is 0 Å². The van der Waals surface area contributed by atoms with Crippen LogP contribution in [-0.4, -0.2) is 0 Å². The van der Waals surface area contributed by atoms with E-state index in [0.717, 1.165) is 4.90 Å². The van der Waals surface area contributed by atoms with Crippen molar-refractivity contribution in [1.29, 1.82) is 5.26 Å². The maximum atomic E-state index is 13.2. The minimum Gasteiger partial charge on any atom is -0.207 e. The van der Waals surface area contributed by atoms with Gasteiger partial charge in [-0.1, -0.05) is 11.8 Å². The zero-order valence-electron chi connectivity index (χ0n) is 8.65. The van der Waals surface area contributed by atoms with Gasteiger partial charge >= 0.3 is 0 Å². The topological polar surface area (TPSA) is 23.8 Å². The molecule has 0 bridgehead atoms. The Morgan fingerprint density at radius 3 is 2.24 bits per heavy atom. The molecule has 0 spiro atoms. The molecule has 0 aliphatic heterocycles. The van der Waals surface area contributed by atoms with Crippen molar-refractivity contribution in [2.45, 2.75) is 9.79 Å². The van der Waals surface area contributed by atoms with Crippen LogP contribution >= 0.6 is 11.8 Å². The molecular weight excluding hydrogens is 240 g/mol. The number of hydrogen-bond donors (Lipinski definition) is 0. The Morgan fingerprint density at radius 2 is 1.59 bits per heavy atom. The van der Waals surface area contributed by atoms with Crippen molar-refractivity contribution in [3.05, 3.63) is 59.7 Å². The highest BCUT2D eigenvalue weighted by molar-refractivity contribution is 7.99. The molecule has 0 radical (unpaired) electrons. The number of nitrogens with zero attached hydrogens (tertiary/aromatic N) is 1. The summed E-state index contributed by atoms with van der Waals surface area (Å²) in [5.74, 6) is -0.764. The zero-order chi connectivity index (χ0) is 12.3. The fourth-order valence-electron chi connectivity index (χ4n) is 1.32. The van der Waals surface area contributed by atoms with Crippen molar-refractivity contribution >= 4 is 11.8 Å². The summed E-state index contributed by atoms with van der Waals surface area (Å²) >= 11 is 1.28. The maximum Gasteiger partial charge on any atom is 0.125 e. The first kappa shape index (κ1) is 11.6. The summed E-state index contributed by atoms with van der Waals surface area (Å²) in [6.45, 7) is 0. The quantitative estimate of drug-likeness (QED) is 0.801. The molecule has 2 aromatic rings. The van der Waals surface area contributed by atoms with Crippen molar-refractivity contribution in [3.8, 4) is 6.07 Å². The molecule has 0 aliphatic rings. The van der Waals surface area contributed by atoms with Gasteiger partial charge in [0.2, 0.25) is 0 Å². The van der Waals surface area contributed by atoms with E-state index in [2.05, 4.69) is 0 Å². The van der Waals surface area contributed by atoms with Gasteiger partial charge in [0.1, 0.15) is 11.6 Å². The fourth-order valence-corrected chi connectivity index (χ4v) is 2.23.